The van der Waals surface area contributed by atoms with E-state index >= 15 is 0 Å². The zero-order valence-electron chi connectivity index (χ0n) is 10.6. The van der Waals surface area contributed by atoms with E-state index < -0.39 is 31.1 Å². The molecule has 20 heavy (non-hydrogen) atoms. The molecular weight excluding hydrogens is 342 g/mol. The molecule has 0 saturated heterocycles. The first-order valence-corrected chi connectivity index (χ1v) is 7.24. The first-order chi connectivity index (χ1) is 8.21. The summed E-state index contributed by atoms with van der Waals surface area (Å²) in [5.41, 5.74) is -12.4. The van der Waals surface area contributed by atoms with Gasteiger partial charge >= 0.3 is 11.0 Å². The average molecular weight is 354 g/mol. The van der Waals surface area contributed by atoms with E-state index in [1.54, 1.807) is 0 Å². The molecule has 0 rings (SSSR count). The second-order valence-corrected chi connectivity index (χ2v) is 8.02. The molecule has 124 valence electrons. The van der Waals surface area contributed by atoms with Gasteiger partial charge in [0.2, 0.25) is 0 Å². The van der Waals surface area contributed by atoms with E-state index in [2.05, 4.69) is 28.2 Å². The third kappa shape index (κ3) is 8.55. The predicted octanol–water partition coefficient (Wildman–Crippen LogP) is 1.38. The number of rotatable bonds is 2. The summed E-state index contributed by atoms with van der Waals surface area (Å²) in [6.45, 7) is 0. The molecule has 0 aromatic carbocycles. The molecule has 0 aromatic rings. The summed E-state index contributed by atoms with van der Waals surface area (Å²) in [5, 5.41) is 0. The molecule has 0 atom stereocenters. The summed E-state index contributed by atoms with van der Waals surface area (Å²) < 4.78 is 110. The maximum absolute atomic E-state index is 11.4. The van der Waals surface area contributed by atoms with Crippen LogP contribution < -0.4 is 0 Å². The largest absolute Gasteiger partial charge is 0.480 e. The molecule has 0 amide bonds. The second kappa shape index (κ2) is 6.03. The highest BCUT2D eigenvalue weighted by Gasteiger charge is 2.46. The molecule has 0 aliphatic carbocycles. The molecule has 0 aliphatic rings. The van der Waals surface area contributed by atoms with Crippen molar-refractivity contribution < 1.29 is 47.7 Å². The lowest BCUT2D eigenvalue weighted by Gasteiger charge is -2.22. The van der Waals surface area contributed by atoms with Crippen LogP contribution in [-0.2, 0) is 20.0 Å². The molecule has 6 nitrogen and oxygen atoms in total. The molecule has 0 aromatic heterocycles. The lowest BCUT2D eigenvalue weighted by molar-refractivity contribution is -0.849. The number of hydrogen-bond acceptors (Lipinski definition) is 4. The third-order valence-electron chi connectivity index (χ3n) is 0.781. The van der Waals surface area contributed by atoms with E-state index in [0.717, 1.165) is 8.61 Å². The van der Waals surface area contributed by atoms with Gasteiger partial charge in [-0.1, -0.05) is 0 Å². The van der Waals surface area contributed by atoms with E-state index in [-0.39, 0.29) is 0 Å². The van der Waals surface area contributed by atoms with Crippen molar-refractivity contribution in [3.8, 4) is 0 Å². The Hall–Kier alpha value is -0.600. The van der Waals surface area contributed by atoms with Crippen molar-refractivity contribution in [3.63, 3.8) is 0 Å². The molecule has 0 aliphatic heterocycles. The Morgan fingerprint density at radius 1 is 0.700 bits per heavy atom. The minimum Gasteiger partial charge on any atom is -0.421 e. The van der Waals surface area contributed by atoms with Gasteiger partial charge < -0.3 is 8.61 Å². The van der Waals surface area contributed by atoms with Gasteiger partial charge in [-0.25, -0.2) is 16.8 Å². The first kappa shape index (κ1) is 21.7. The van der Waals surface area contributed by atoms with Crippen LogP contribution in [0.1, 0.15) is 0 Å². The van der Waals surface area contributed by atoms with Crippen LogP contribution in [0.15, 0.2) is 0 Å². The molecule has 0 bridgehead atoms. The average Bonchev–Trinajstić information content (AvgIpc) is 1.92. The van der Waals surface area contributed by atoms with Crippen molar-refractivity contribution >= 4 is 20.0 Å². The SMILES string of the molecule is C[N+](C)(C)C.O=S(=O)([N-]S(=O)(=O)C(F)(F)F)C(F)(F)F. The van der Waals surface area contributed by atoms with Crippen LogP contribution >= 0.6 is 0 Å². The Kier molecular flexibility index (Phi) is 6.54. The molecule has 0 N–H and O–H groups in total. The van der Waals surface area contributed by atoms with Gasteiger partial charge in [0.05, 0.1) is 28.2 Å². The van der Waals surface area contributed by atoms with Crippen molar-refractivity contribution in [2.24, 2.45) is 0 Å². The van der Waals surface area contributed by atoms with Crippen molar-refractivity contribution in [1.82, 2.24) is 0 Å². The Morgan fingerprint density at radius 2 is 0.850 bits per heavy atom. The Morgan fingerprint density at radius 3 is 0.950 bits per heavy atom. The van der Waals surface area contributed by atoms with Gasteiger partial charge in [0.1, 0.15) is 0 Å². The van der Waals surface area contributed by atoms with E-state index in [0.29, 0.717) is 0 Å². The Labute approximate surface area is 112 Å². The summed E-state index contributed by atoms with van der Waals surface area (Å²) >= 11 is 0. The smallest absolute Gasteiger partial charge is 0.421 e. The predicted molar refractivity (Wildman–Crippen MR) is 57.3 cm³/mol. The highest BCUT2D eigenvalue weighted by atomic mass is 32.3. The molecule has 0 unspecified atom stereocenters. The zero-order valence-corrected chi connectivity index (χ0v) is 12.2. The van der Waals surface area contributed by atoms with Crippen molar-refractivity contribution in [2.45, 2.75) is 11.0 Å². The fraction of sp³-hybridized carbons (Fsp3) is 1.00. The van der Waals surface area contributed by atoms with E-state index in [1.807, 2.05) is 0 Å². The molecule has 0 spiro atoms. The molecule has 0 saturated carbocycles. The van der Waals surface area contributed by atoms with Gasteiger partial charge in [0, 0.05) is 0 Å². The number of halogens is 6. The monoisotopic (exact) mass is 354 g/mol. The minimum absolute atomic E-state index is 0.778. The van der Waals surface area contributed by atoms with Crippen LogP contribution in [0.3, 0.4) is 0 Å². The molecular formula is C6H12F6N2O4S2. The quantitative estimate of drug-likeness (QED) is 0.554. The van der Waals surface area contributed by atoms with Crippen molar-refractivity contribution in [2.75, 3.05) is 28.2 Å². The molecule has 0 fully saturated rings. The van der Waals surface area contributed by atoms with Crippen molar-refractivity contribution in [3.05, 3.63) is 4.13 Å². The van der Waals surface area contributed by atoms with Gasteiger partial charge in [-0.2, -0.15) is 26.3 Å². The van der Waals surface area contributed by atoms with Crippen LogP contribution in [0.4, 0.5) is 26.3 Å². The van der Waals surface area contributed by atoms with Crippen LogP contribution in [-0.4, -0.2) is 60.5 Å². The maximum atomic E-state index is 11.4. The number of quaternary nitrogens is 1. The van der Waals surface area contributed by atoms with Crippen molar-refractivity contribution in [1.29, 1.82) is 0 Å². The number of sulfonamides is 2. The fourth-order valence-corrected chi connectivity index (χ4v) is 1.92. The van der Waals surface area contributed by atoms with Crippen LogP contribution in [0.25, 0.3) is 4.13 Å². The fourth-order valence-electron chi connectivity index (χ4n) is 0.214. The summed E-state index contributed by atoms with van der Waals surface area (Å²) in [4.78, 5) is 0. The van der Waals surface area contributed by atoms with E-state index in [1.165, 1.54) is 0 Å². The Balaban J connectivity index is 0. The first-order valence-electron chi connectivity index (χ1n) is 4.36. The normalized spacial score (nSPS) is 14.5. The number of nitrogens with zero attached hydrogens (tertiary/aromatic N) is 2. The van der Waals surface area contributed by atoms with Gasteiger partial charge in [-0.15, -0.1) is 0 Å². The number of alkyl halides is 6. The zero-order chi connectivity index (χ0) is 17.2. The van der Waals surface area contributed by atoms with Gasteiger partial charge in [-0.3, -0.25) is 0 Å². The van der Waals surface area contributed by atoms with E-state index in [9.17, 15) is 43.2 Å². The lowest BCUT2D eigenvalue weighted by Crippen LogP contribution is -2.30. The summed E-state index contributed by atoms with van der Waals surface area (Å²) in [5.74, 6) is 0. The highest BCUT2D eigenvalue weighted by Crippen LogP contribution is 2.36. The summed E-state index contributed by atoms with van der Waals surface area (Å²) in [7, 11) is -4.94. The molecule has 14 heteroatoms. The second-order valence-electron chi connectivity index (χ2n) is 4.60. The molecule has 0 radical (unpaired) electrons. The third-order valence-corrected chi connectivity index (χ3v) is 3.52. The maximum Gasteiger partial charge on any atom is 0.480 e. The topological polar surface area (TPSA) is 82.4 Å². The lowest BCUT2D eigenvalue weighted by atomic mass is 10.8. The van der Waals surface area contributed by atoms with Gasteiger partial charge in [0.25, 0.3) is 0 Å². The van der Waals surface area contributed by atoms with Crippen LogP contribution in [0.2, 0.25) is 0 Å². The van der Waals surface area contributed by atoms with Gasteiger partial charge in [-0.05, 0) is 0 Å². The standard InChI is InChI=1S/C4H12N.C2F6NO4S2/c1-5(2,3)4;3-1(4,5)14(10,11)9-15(12,13)2(6,7)8/h1-4H3;/q+1;-1. The van der Waals surface area contributed by atoms with E-state index in [4.69, 9.17) is 0 Å². The molecule has 0 heterocycles. The minimum atomic E-state index is -6.72. The summed E-state index contributed by atoms with van der Waals surface area (Å²) in [6, 6.07) is 0. The van der Waals surface area contributed by atoms with Crippen LogP contribution in [0.5, 0.6) is 0 Å². The number of hydrogen-bond donors (Lipinski definition) is 0. The van der Waals surface area contributed by atoms with Gasteiger partial charge in [0.15, 0.2) is 20.0 Å². The Bertz CT molecular complexity index is 465. The summed E-state index contributed by atoms with van der Waals surface area (Å²) in [6.07, 6.45) is 0. The van der Waals surface area contributed by atoms with Crippen LogP contribution in [0, 0.1) is 0 Å². The highest BCUT2D eigenvalue weighted by molar-refractivity contribution is 8.13.